The Hall–Kier alpha value is -1.70. The van der Waals surface area contributed by atoms with Gasteiger partial charge in [-0.15, -0.1) is 0 Å². The van der Waals surface area contributed by atoms with Gasteiger partial charge in [-0.2, -0.15) is 0 Å². The van der Waals surface area contributed by atoms with Crippen LogP contribution >= 0.6 is 0 Å². The molecule has 0 radical (unpaired) electrons. The summed E-state index contributed by atoms with van der Waals surface area (Å²) in [6.45, 7) is 6.04. The highest BCUT2D eigenvalue weighted by Gasteiger charge is 2.45. The van der Waals surface area contributed by atoms with Gasteiger partial charge in [-0.1, -0.05) is 147 Å². The van der Waals surface area contributed by atoms with Crippen LogP contribution in [0.3, 0.4) is 0 Å². The number of hydrogen-bond acceptors (Lipinski definition) is 7. The highest BCUT2D eigenvalue weighted by atomic mass is 16.6. The van der Waals surface area contributed by atoms with Crippen molar-refractivity contribution in [2.75, 3.05) is 6.61 Å². The average Bonchev–Trinajstić information content (AvgIpc) is 3.12. The SMILES string of the molecule is CCCCCCCC/C=C\CCCCCCCC(=O)OCC1OC(C)C(O)C(O)C1OC(=O)CCCCCCC/C=C\CCCCCCCCC. The standard InChI is InChI=1S/C44H80O7/c1-4-6-8-10-12-14-16-18-20-22-24-26-28-30-32-34-36-41(46)51-44-39(50-38(3)42(47)43(44)48)37-49-40(45)35-33-31-29-27-25-23-21-19-17-15-13-11-9-7-5-2/h19-22,38-39,42-44,47-48H,4-18,23-37H2,1-3H3/b21-19-,22-20-. The summed E-state index contributed by atoms with van der Waals surface area (Å²) < 4.78 is 16.9. The molecule has 2 N–H and O–H groups in total. The van der Waals surface area contributed by atoms with Crippen molar-refractivity contribution < 1.29 is 34.0 Å². The maximum absolute atomic E-state index is 12.7. The molecule has 51 heavy (non-hydrogen) atoms. The molecular formula is C44H80O7. The van der Waals surface area contributed by atoms with Crippen molar-refractivity contribution in [2.24, 2.45) is 0 Å². The van der Waals surface area contributed by atoms with Crippen LogP contribution in [0.4, 0.5) is 0 Å². The fraction of sp³-hybridized carbons (Fsp3) is 0.864. The number of esters is 2. The molecule has 7 heteroatoms. The second-order valence-electron chi connectivity index (χ2n) is 15.0. The number of carbonyl (C=O) groups excluding carboxylic acids is 2. The van der Waals surface area contributed by atoms with Crippen molar-refractivity contribution in [3.63, 3.8) is 0 Å². The van der Waals surface area contributed by atoms with Crippen LogP contribution < -0.4 is 0 Å². The minimum atomic E-state index is -1.30. The van der Waals surface area contributed by atoms with Gasteiger partial charge in [0.05, 0.1) is 6.10 Å². The molecular weight excluding hydrogens is 640 g/mol. The Bertz CT molecular complexity index is 872. The third-order valence-electron chi connectivity index (χ3n) is 10.1. The number of hydrogen-bond donors (Lipinski definition) is 2. The number of aliphatic hydroxyl groups excluding tert-OH is 2. The molecule has 0 spiro atoms. The molecule has 298 valence electrons. The lowest BCUT2D eigenvalue weighted by atomic mass is 9.95. The van der Waals surface area contributed by atoms with Crippen LogP contribution in [0.1, 0.15) is 207 Å². The molecule has 1 heterocycles. The summed E-state index contributed by atoms with van der Waals surface area (Å²) in [5.74, 6) is -0.749. The van der Waals surface area contributed by atoms with E-state index in [4.69, 9.17) is 14.2 Å². The second kappa shape index (κ2) is 34.1. The highest BCUT2D eigenvalue weighted by molar-refractivity contribution is 5.70. The van der Waals surface area contributed by atoms with Crippen molar-refractivity contribution in [3.8, 4) is 0 Å². The topological polar surface area (TPSA) is 102 Å². The normalized spacial score (nSPS) is 20.8. The number of carbonyl (C=O) groups is 2. The first-order valence-electron chi connectivity index (χ1n) is 21.6. The van der Waals surface area contributed by atoms with E-state index >= 15 is 0 Å². The van der Waals surface area contributed by atoms with Crippen LogP contribution in [0.25, 0.3) is 0 Å². The predicted molar refractivity (Wildman–Crippen MR) is 211 cm³/mol. The average molecular weight is 721 g/mol. The lowest BCUT2D eigenvalue weighted by Crippen LogP contribution is -2.59. The first-order valence-corrected chi connectivity index (χ1v) is 21.6. The van der Waals surface area contributed by atoms with E-state index < -0.39 is 36.5 Å². The Kier molecular flexibility index (Phi) is 31.6. The molecule has 0 aromatic heterocycles. The fourth-order valence-electron chi connectivity index (χ4n) is 6.72. The van der Waals surface area contributed by atoms with E-state index in [2.05, 4.69) is 38.2 Å². The van der Waals surface area contributed by atoms with Gasteiger partial charge in [-0.3, -0.25) is 9.59 Å². The van der Waals surface area contributed by atoms with E-state index in [0.717, 1.165) is 64.2 Å². The van der Waals surface area contributed by atoms with Crippen LogP contribution in [0.5, 0.6) is 0 Å². The van der Waals surface area contributed by atoms with Gasteiger partial charge in [0.25, 0.3) is 0 Å². The van der Waals surface area contributed by atoms with E-state index in [9.17, 15) is 19.8 Å². The number of aliphatic hydroxyl groups is 2. The van der Waals surface area contributed by atoms with Gasteiger partial charge in [0.15, 0.2) is 6.10 Å². The van der Waals surface area contributed by atoms with Crippen LogP contribution in [0.15, 0.2) is 24.3 Å². The fourth-order valence-corrected chi connectivity index (χ4v) is 6.72. The summed E-state index contributed by atoms with van der Waals surface area (Å²) in [6.07, 6.45) is 37.1. The molecule has 0 amide bonds. The second-order valence-corrected chi connectivity index (χ2v) is 15.0. The first kappa shape index (κ1) is 47.3. The number of allylic oxidation sites excluding steroid dienone is 4. The minimum absolute atomic E-state index is 0.122. The number of ether oxygens (including phenoxy) is 3. The summed E-state index contributed by atoms with van der Waals surface area (Å²) in [5, 5.41) is 21.1. The summed E-state index contributed by atoms with van der Waals surface area (Å²) in [6, 6.07) is 0. The largest absolute Gasteiger partial charge is 0.463 e. The summed E-state index contributed by atoms with van der Waals surface area (Å²) >= 11 is 0. The number of unbranched alkanes of at least 4 members (excludes halogenated alkanes) is 23. The van der Waals surface area contributed by atoms with Gasteiger partial charge in [0, 0.05) is 12.8 Å². The van der Waals surface area contributed by atoms with Gasteiger partial charge in [-0.05, 0) is 71.1 Å². The van der Waals surface area contributed by atoms with Gasteiger partial charge >= 0.3 is 11.9 Å². The Labute approximate surface area is 313 Å². The Morgan fingerprint density at radius 1 is 0.529 bits per heavy atom. The molecule has 1 rings (SSSR count). The van der Waals surface area contributed by atoms with Crippen molar-refractivity contribution in [1.29, 1.82) is 0 Å². The van der Waals surface area contributed by atoms with Crippen molar-refractivity contribution >= 4 is 11.9 Å². The highest BCUT2D eigenvalue weighted by Crippen LogP contribution is 2.25. The smallest absolute Gasteiger partial charge is 0.306 e. The first-order chi connectivity index (χ1) is 24.9. The van der Waals surface area contributed by atoms with E-state index in [1.54, 1.807) is 6.92 Å². The van der Waals surface area contributed by atoms with Crippen LogP contribution in [0.2, 0.25) is 0 Å². The lowest BCUT2D eigenvalue weighted by Gasteiger charge is -2.40. The maximum atomic E-state index is 12.7. The van der Waals surface area contributed by atoms with Gasteiger partial charge in [-0.25, -0.2) is 0 Å². The molecule has 0 aromatic rings. The molecule has 1 saturated heterocycles. The zero-order chi connectivity index (χ0) is 37.2. The molecule has 0 aliphatic carbocycles. The quantitative estimate of drug-likeness (QED) is 0.0387. The van der Waals surface area contributed by atoms with Gasteiger partial charge in [0.2, 0.25) is 0 Å². The van der Waals surface area contributed by atoms with Crippen LogP contribution in [-0.4, -0.2) is 59.3 Å². The molecule has 0 saturated carbocycles. The zero-order valence-electron chi connectivity index (χ0n) is 33.3. The van der Waals surface area contributed by atoms with E-state index in [1.165, 1.54) is 103 Å². The van der Waals surface area contributed by atoms with E-state index in [0.29, 0.717) is 12.8 Å². The molecule has 0 aromatic carbocycles. The third-order valence-corrected chi connectivity index (χ3v) is 10.1. The molecule has 1 aliphatic rings. The Morgan fingerprint density at radius 2 is 0.902 bits per heavy atom. The van der Waals surface area contributed by atoms with E-state index in [1.807, 2.05) is 0 Å². The molecule has 1 aliphatic heterocycles. The molecule has 7 nitrogen and oxygen atoms in total. The maximum Gasteiger partial charge on any atom is 0.306 e. The van der Waals surface area contributed by atoms with Crippen LogP contribution in [-0.2, 0) is 23.8 Å². The Morgan fingerprint density at radius 3 is 1.33 bits per heavy atom. The third kappa shape index (κ3) is 26.7. The van der Waals surface area contributed by atoms with Gasteiger partial charge in [0.1, 0.15) is 24.9 Å². The minimum Gasteiger partial charge on any atom is -0.463 e. The number of rotatable bonds is 34. The molecule has 5 unspecified atom stereocenters. The van der Waals surface area contributed by atoms with Crippen molar-refractivity contribution in [2.45, 2.75) is 237 Å². The molecule has 0 bridgehead atoms. The van der Waals surface area contributed by atoms with Crippen LogP contribution in [0, 0.1) is 0 Å². The van der Waals surface area contributed by atoms with Crippen molar-refractivity contribution in [3.05, 3.63) is 24.3 Å². The van der Waals surface area contributed by atoms with Crippen molar-refractivity contribution in [1.82, 2.24) is 0 Å². The Balaban J connectivity index is 2.15. The summed E-state index contributed by atoms with van der Waals surface area (Å²) in [5.41, 5.74) is 0. The summed E-state index contributed by atoms with van der Waals surface area (Å²) in [7, 11) is 0. The monoisotopic (exact) mass is 721 g/mol. The summed E-state index contributed by atoms with van der Waals surface area (Å²) in [4.78, 5) is 25.1. The predicted octanol–water partition coefficient (Wildman–Crippen LogP) is 11.4. The zero-order valence-corrected chi connectivity index (χ0v) is 33.3. The molecule has 1 fully saturated rings. The molecule has 5 atom stereocenters. The van der Waals surface area contributed by atoms with Gasteiger partial charge < -0.3 is 24.4 Å². The van der Waals surface area contributed by atoms with E-state index in [-0.39, 0.29) is 19.0 Å². The lowest BCUT2D eigenvalue weighted by molar-refractivity contribution is -0.237.